The number of morpholine rings is 1. The Kier molecular flexibility index (Phi) is 6.37. The molecule has 180 valence electrons. The Hall–Kier alpha value is -2.82. The fourth-order valence-corrected chi connectivity index (χ4v) is 6.41. The van der Waals surface area contributed by atoms with Crippen LogP contribution in [0.3, 0.4) is 0 Å². The second kappa shape index (κ2) is 9.44. The number of nitrogens with one attached hydrogen (secondary N) is 1. The van der Waals surface area contributed by atoms with Gasteiger partial charge in [0.15, 0.2) is 15.5 Å². The van der Waals surface area contributed by atoms with E-state index in [-0.39, 0.29) is 23.5 Å². The van der Waals surface area contributed by atoms with E-state index >= 15 is 0 Å². The predicted molar refractivity (Wildman–Crippen MR) is 130 cm³/mol. The van der Waals surface area contributed by atoms with E-state index in [1.165, 1.54) is 0 Å². The highest BCUT2D eigenvalue weighted by molar-refractivity contribution is 7.91. The summed E-state index contributed by atoms with van der Waals surface area (Å²) in [6.07, 6.45) is 0.497. The average Bonchev–Trinajstić information content (AvgIpc) is 3.38. The quantitative estimate of drug-likeness (QED) is 0.570. The van der Waals surface area contributed by atoms with E-state index < -0.39 is 9.84 Å². The van der Waals surface area contributed by atoms with Crippen LogP contribution in [0.25, 0.3) is 22.3 Å². The van der Waals surface area contributed by atoms with E-state index in [9.17, 15) is 13.2 Å². The topological polar surface area (TPSA) is 106 Å². The van der Waals surface area contributed by atoms with Gasteiger partial charge in [0.2, 0.25) is 0 Å². The molecule has 4 heterocycles. The number of carbonyl (C=O) groups is 1. The number of aromatic nitrogens is 3. The fourth-order valence-electron chi connectivity index (χ4n) is 4.72. The number of hydrogen-bond donors (Lipinski definition) is 1. The molecule has 1 N–H and O–H groups in total. The van der Waals surface area contributed by atoms with Crippen LogP contribution in [0.1, 0.15) is 28.5 Å². The number of fused-ring (bicyclic) bond motifs is 1. The van der Waals surface area contributed by atoms with Crippen molar-refractivity contribution >= 4 is 26.8 Å². The zero-order valence-electron chi connectivity index (χ0n) is 19.2. The molecule has 1 aromatic carbocycles. The molecule has 0 saturated carbocycles. The molecule has 3 aromatic rings. The van der Waals surface area contributed by atoms with E-state index in [4.69, 9.17) is 9.72 Å². The summed E-state index contributed by atoms with van der Waals surface area (Å²) in [5.74, 6) is 0.00638. The van der Waals surface area contributed by atoms with Crippen molar-refractivity contribution in [2.24, 2.45) is 0 Å². The maximum atomic E-state index is 13.4. The molecule has 0 unspecified atom stereocenters. The van der Waals surface area contributed by atoms with Crippen LogP contribution in [-0.4, -0.2) is 84.9 Å². The number of sulfone groups is 1. The first-order chi connectivity index (χ1) is 16.4. The number of ether oxygens (including phenoxy) is 1. The lowest BCUT2D eigenvalue weighted by molar-refractivity contribution is 0.0383. The lowest BCUT2D eigenvalue weighted by Crippen LogP contribution is -2.41. The van der Waals surface area contributed by atoms with E-state index in [1.807, 2.05) is 43.3 Å². The smallest absolute Gasteiger partial charge is 0.252 e. The second-order valence-corrected chi connectivity index (χ2v) is 11.1. The molecule has 2 fully saturated rings. The van der Waals surface area contributed by atoms with Crippen molar-refractivity contribution in [1.29, 1.82) is 0 Å². The Morgan fingerprint density at radius 3 is 2.68 bits per heavy atom. The fraction of sp³-hybridized carbons (Fsp3) is 0.458. The summed E-state index contributed by atoms with van der Waals surface area (Å²) in [5, 5.41) is 8.38. The molecular weight excluding hydrogens is 454 g/mol. The van der Waals surface area contributed by atoms with E-state index in [2.05, 4.69) is 15.3 Å². The molecule has 0 bridgehead atoms. The number of hydrogen-bond acceptors (Lipinski definition) is 7. The molecule has 9 nitrogen and oxygen atoms in total. The van der Waals surface area contributed by atoms with Crippen molar-refractivity contribution in [3.63, 3.8) is 0 Å². The van der Waals surface area contributed by atoms with E-state index in [0.717, 1.165) is 25.2 Å². The molecule has 2 saturated heterocycles. The third-order valence-corrected chi connectivity index (χ3v) is 8.27. The van der Waals surface area contributed by atoms with Crippen molar-refractivity contribution in [2.75, 3.05) is 50.9 Å². The molecule has 0 aliphatic carbocycles. The summed E-state index contributed by atoms with van der Waals surface area (Å²) < 4.78 is 31.4. The maximum Gasteiger partial charge on any atom is 0.252 e. The number of rotatable bonds is 6. The van der Waals surface area contributed by atoms with Gasteiger partial charge in [-0.25, -0.2) is 18.1 Å². The highest BCUT2D eigenvalue weighted by Crippen LogP contribution is 2.32. The van der Waals surface area contributed by atoms with Gasteiger partial charge in [-0.3, -0.25) is 9.69 Å². The minimum absolute atomic E-state index is 0.0432. The maximum absolute atomic E-state index is 13.4. The molecule has 2 aromatic heterocycles. The lowest BCUT2D eigenvalue weighted by Gasteiger charge is -2.26. The van der Waals surface area contributed by atoms with Gasteiger partial charge in [-0.1, -0.05) is 30.3 Å². The molecule has 2 aliphatic heterocycles. The summed E-state index contributed by atoms with van der Waals surface area (Å²) in [6.45, 7) is 6.29. The SMILES string of the molecule is Cc1nn([C@H]2CCS(=O)(=O)C2)c2nc(-c3ccccc3)cc(C(=O)NCCN3CCOCC3)c12. The molecule has 10 heteroatoms. The van der Waals surface area contributed by atoms with Crippen molar-refractivity contribution < 1.29 is 17.9 Å². The number of nitrogens with zero attached hydrogens (tertiary/aromatic N) is 4. The van der Waals surface area contributed by atoms with Crippen LogP contribution >= 0.6 is 0 Å². The van der Waals surface area contributed by atoms with Crippen molar-refractivity contribution in [1.82, 2.24) is 25.0 Å². The first-order valence-corrected chi connectivity index (χ1v) is 13.5. The Bertz CT molecular complexity index is 1300. The van der Waals surface area contributed by atoms with E-state index in [1.54, 1.807) is 4.68 Å². The van der Waals surface area contributed by atoms with Crippen molar-refractivity contribution in [3.8, 4) is 11.3 Å². The standard InChI is InChI=1S/C24H29N5O4S/c1-17-22-20(24(30)25-8-9-28-10-12-33-13-11-28)15-21(18-5-3-2-4-6-18)26-23(22)29(27-17)19-7-14-34(31,32)16-19/h2-6,15,19H,7-14,16H2,1H3,(H,25,30)/t19-/m0/s1. The average molecular weight is 484 g/mol. The van der Waals surface area contributed by atoms with Crippen LogP contribution in [0.2, 0.25) is 0 Å². The Balaban J connectivity index is 1.51. The molecule has 0 radical (unpaired) electrons. The number of aryl methyl sites for hydroxylation is 1. The van der Waals surface area contributed by atoms with Crippen LogP contribution in [-0.2, 0) is 14.6 Å². The van der Waals surface area contributed by atoms with Crippen LogP contribution in [0.5, 0.6) is 0 Å². The van der Waals surface area contributed by atoms with Gasteiger partial charge >= 0.3 is 0 Å². The Morgan fingerprint density at radius 1 is 1.21 bits per heavy atom. The normalized spacial score (nSPS) is 20.6. The summed E-state index contributed by atoms with van der Waals surface area (Å²) in [4.78, 5) is 20.5. The molecule has 1 amide bonds. The highest BCUT2D eigenvalue weighted by Gasteiger charge is 2.32. The van der Waals surface area contributed by atoms with Crippen LogP contribution < -0.4 is 5.32 Å². The van der Waals surface area contributed by atoms with Gasteiger partial charge in [-0.15, -0.1) is 0 Å². The largest absolute Gasteiger partial charge is 0.379 e. The molecule has 5 rings (SSSR count). The molecule has 1 atom stereocenters. The number of amides is 1. The van der Waals surface area contributed by atoms with Crippen LogP contribution in [0.15, 0.2) is 36.4 Å². The van der Waals surface area contributed by atoms with Gasteiger partial charge in [-0.05, 0) is 19.4 Å². The van der Waals surface area contributed by atoms with E-state index in [0.29, 0.717) is 54.2 Å². The summed E-state index contributed by atoms with van der Waals surface area (Å²) in [6, 6.07) is 11.2. The zero-order chi connectivity index (χ0) is 23.7. The van der Waals surface area contributed by atoms with Gasteiger partial charge in [-0.2, -0.15) is 5.10 Å². The number of pyridine rings is 1. The van der Waals surface area contributed by atoms with Gasteiger partial charge < -0.3 is 10.1 Å². The van der Waals surface area contributed by atoms with Gasteiger partial charge in [0.1, 0.15) is 0 Å². The number of benzene rings is 1. The number of carbonyl (C=O) groups excluding carboxylic acids is 1. The van der Waals surface area contributed by atoms with Crippen LogP contribution in [0.4, 0.5) is 0 Å². The summed E-state index contributed by atoms with van der Waals surface area (Å²) in [5.41, 5.74) is 3.28. The molecule has 0 spiro atoms. The molecule has 2 aliphatic rings. The van der Waals surface area contributed by atoms with Crippen LogP contribution in [0, 0.1) is 6.92 Å². The third kappa shape index (κ3) is 4.70. The Labute approximate surface area is 199 Å². The lowest BCUT2D eigenvalue weighted by atomic mass is 10.0. The molecular formula is C24H29N5O4S. The second-order valence-electron chi connectivity index (χ2n) is 8.92. The van der Waals surface area contributed by atoms with Gasteiger partial charge in [0.05, 0.1) is 53.1 Å². The first kappa shape index (κ1) is 22.9. The minimum atomic E-state index is -3.10. The molecule has 34 heavy (non-hydrogen) atoms. The van der Waals surface area contributed by atoms with Gasteiger partial charge in [0, 0.05) is 31.7 Å². The minimum Gasteiger partial charge on any atom is -0.379 e. The summed E-state index contributed by atoms with van der Waals surface area (Å²) in [7, 11) is -3.10. The third-order valence-electron chi connectivity index (χ3n) is 6.52. The summed E-state index contributed by atoms with van der Waals surface area (Å²) >= 11 is 0. The Morgan fingerprint density at radius 2 is 1.97 bits per heavy atom. The first-order valence-electron chi connectivity index (χ1n) is 11.7. The predicted octanol–water partition coefficient (Wildman–Crippen LogP) is 1.83. The van der Waals surface area contributed by atoms with Gasteiger partial charge in [0.25, 0.3) is 5.91 Å². The monoisotopic (exact) mass is 483 g/mol. The highest BCUT2D eigenvalue weighted by atomic mass is 32.2. The zero-order valence-corrected chi connectivity index (χ0v) is 20.1. The van der Waals surface area contributed by atoms with Crippen molar-refractivity contribution in [3.05, 3.63) is 47.7 Å². The van der Waals surface area contributed by atoms with Crippen molar-refractivity contribution in [2.45, 2.75) is 19.4 Å².